The van der Waals surface area contributed by atoms with Crippen LogP contribution in [0.5, 0.6) is 0 Å². The zero-order chi connectivity index (χ0) is 3.54. The molecule has 3 nitrogen and oxygen atoms in total. The maximum Gasteiger partial charge on any atom is 0.134 e. The highest BCUT2D eigenvalue weighted by atomic mass is 17.2. The normalized spacial score (nSPS) is 24.0. The Labute approximate surface area is 29.8 Å². The lowest BCUT2D eigenvalue weighted by atomic mass is 11.1. The first-order chi connectivity index (χ1) is 2.50. The summed E-state index contributed by atoms with van der Waals surface area (Å²) in [4.78, 5) is 8.67. The smallest absolute Gasteiger partial charge is 0.134 e. The van der Waals surface area contributed by atoms with Gasteiger partial charge in [0.05, 0.1) is 0 Å². The van der Waals surface area contributed by atoms with Crippen LogP contribution in [0.25, 0.3) is 0 Å². The fraction of sp³-hybridized carbons (Fsp3) is 1.00. The van der Waals surface area contributed by atoms with E-state index in [1.54, 1.807) is 0 Å². The number of hydrogen-bond donors (Lipinski definition) is 1. The molecule has 0 aromatic heterocycles. The molecule has 5 heavy (non-hydrogen) atoms. The van der Waals surface area contributed by atoms with E-state index in [0.717, 1.165) is 0 Å². The third-order valence-corrected chi connectivity index (χ3v) is 0.405. The third-order valence-electron chi connectivity index (χ3n) is 0.405. The van der Waals surface area contributed by atoms with E-state index < -0.39 is 0 Å². The quantitative estimate of drug-likeness (QED) is 0.392. The van der Waals surface area contributed by atoms with Crippen LogP contribution in [0, 0.1) is 0 Å². The monoisotopic (exact) mass is 75.0 g/mol. The Balaban J connectivity index is 2.08. The van der Waals surface area contributed by atoms with Crippen LogP contribution in [0.4, 0.5) is 0 Å². The molecule has 1 aliphatic rings. The highest BCUT2D eigenvalue weighted by molar-refractivity contribution is 4.21. The molecular weight excluding hydrogens is 70.0 g/mol. The van der Waals surface area contributed by atoms with Gasteiger partial charge in [-0.25, -0.2) is 9.78 Å². The Morgan fingerprint density at radius 2 is 1.80 bits per heavy atom. The van der Waals surface area contributed by atoms with Crippen molar-refractivity contribution in [3.8, 4) is 0 Å². The van der Waals surface area contributed by atoms with Crippen molar-refractivity contribution < 1.29 is 9.78 Å². The first-order valence-electron chi connectivity index (χ1n) is 1.45. The summed E-state index contributed by atoms with van der Waals surface area (Å²) in [6.07, 6.45) is 0. The molecular formula is C2H5NO2. The van der Waals surface area contributed by atoms with E-state index in [0.29, 0.717) is 13.5 Å². The average Bonchev–Trinajstić information content (AvgIpc) is 1.76. The molecule has 1 heterocycles. The molecule has 0 radical (unpaired) electrons. The Kier molecular flexibility index (Phi) is 0.834. The summed E-state index contributed by atoms with van der Waals surface area (Å²) in [5.74, 6) is 0. The highest BCUT2D eigenvalue weighted by Crippen LogP contribution is 1.78. The van der Waals surface area contributed by atoms with Crippen LogP contribution in [0.15, 0.2) is 0 Å². The standard InChI is InChI=1S/C2H5NO2/c1-3-2-5-4-1/h3H,1-2H2. The number of nitrogens with one attached hydrogen (secondary N) is 1. The van der Waals surface area contributed by atoms with E-state index in [-0.39, 0.29) is 0 Å². The van der Waals surface area contributed by atoms with Crippen molar-refractivity contribution in [3.63, 3.8) is 0 Å². The van der Waals surface area contributed by atoms with Crippen LogP contribution in [0.3, 0.4) is 0 Å². The first-order valence-corrected chi connectivity index (χ1v) is 1.45. The fourth-order valence-electron chi connectivity index (χ4n) is 0.208. The van der Waals surface area contributed by atoms with Crippen LogP contribution in [-0.2, 0) is 9.78 Å². The third kappa shape index (κ3) is 0.576. The lowest BCUT2D eigenvalue weighted by molar-refractivity contribution is -0.248. The molecule has 1 aliphatic heterocycles. The Morgan fingerprint density at radius 1 is 1.20 bits per heavy atom. The zero-order valence-electron chi connectivity index (χ0n) is 2.73. The van der Waals surface area contributed by atoms with E-state index in [4.69, 9.17) is 0 Å². The maximum absolute atomic E-state index is 4.33. The van der Waals surface area contributed by atoms with E-state index in [1.165, 1.54) is 0 Å². The van der Waals surface area contributed by atoms with Gasteiger partial charge in [-0.05, 0) is 0 Å². The second kappa shape index (κ2) is 1.35. The molecule has 0 spiro atoms. The minimum atomic E-state index is 0.528. The molecule has 0 amide bonds. The van der Waals surface area contributed by atoms with Gasteiger partial charge in [0.2, 0.25) is 0 Å². The molecule has 0 bridgehead atoms. The van der Waals surface area contributed by atoms with Gasteiger partial charge >= 0.3 is 0 Å². The molecule has 1 rings (SSSR count). The summed E-state index contributed by atoms with van der Waals surface area (Å²) in [6, 6.07) is 0. The van der Waals surface area contributed by atoms with Crippen LogP contribution in [0.2, 0.25) is 0 Å². The van der Waals surface area contributed by atoms with Crippen LogP contribution < -0.4 is 5.32 Å². The zero-order valence-corrected chi connectivity index (χ0v) is 2.73. The van der Waals surface area contributed by atoms with Gasteiger partial charge in [-0.3, -0.25) is 5.32 Å². The van der Waals surface area contributed by atoms with E-state index in [9.17, 15) is 0 Å². The minimum absolute atomic E-state index is 0.528. The Bertz CT molecular complexity index is 19.2. The predicted molar refractivity (Wildman–Crippen MR) is 15.0 cm³/mol. The number of hydrogen-bond acceptors (Lipinski definition) is 3. The summed E-state index contributed by atoms with van der Waals surface area (Å²) >= 11 is 0. The summed E-state index contributed by atoms with van der Waals surface area (Å²) in [6.45, 7) is 1.06. The summed E-state index contributed by atoms with van der Waals surface area (Å²) in [7, 11) is 0. The van der Waals surface area contributed by atoms with E-state index in [2.05, 4.69) is 15.1 Å². The van der Waals surface area contributed by atoms with Crippen molar-refractivity contribution in [2.45, 2.75) is 0 Å². The molecule has 0 aromatic carbocycles. The molecule has 0 aliphatic carbocycles. The summed E-state index contributed by atoms with van der Waals surface area (Å²) < 4.78 is 0. The van der Waals surface area contributed by atoms with Gasteiger partial charge in [-0.15, -0.1) is 0 Å². The first kappa shape index (κ1) is 3.08. The molecule has 3 heteroatoms. The second-order valence-corrected chi connectivity index (χ2v) is 0.774. The van der Waals surface area contributed by atoms with Crippen LogP contribution in [0.1, 0.15) is 0 Å². The van der Waals surface area contributed by atoms with Crippen LogP contribution in [-0.4, -0.2) is 13.5 Å². The van der Waals surface area contributed by atoms with Gasteiger partial charge in [0, 0.05) is 0 Å². The lowest BCUT2D eigenvalue weighted by Gasteiger charge is -1.75. The topological polar surface area (TPSA) is 30.5 Å². The van der Waals surface area contributed by atoms with E-state index in [1.807, 2.05) is 0 Å². The minimum Gasteiger partial charge on any atom is -0.267 e. The van der Waals surface area contributed by atoms with Crippen molar-refractivity contribution in [2.75, 3.05) is 13.5 Å². The molecule has 0 aromatic rings. The van der Waals surface area contributed by atoms with Crippen molar-refractivity contribution >= 4 is 0 Å². The molecule has 1 saturated heterocycles. The lowest BCUT2D eigenvalue weighted by Crippen LogP contribution is -2.04. The van der Waals surface area contributed by atoms with Gasteiger partial charge in [0.1, 0.15) is 13.5 Å². The summed E-state index contributed by atoms with van der Waals surface area (Å²) in [5.41, 5.74) is 0. The van der Waals surface area contributed by atoms with Gasteiger partial charge in [0.15, 0.2) is 0 Å². The van der Waals surface area contributed by atoms with Crippen molar-refractivity contribution in [3.05, 3.63) is 0 Å². The Morgan fingerprint density at radius 3 is 2.00 bits per heavy atom. The van der Waals surface area contributed by atoms with Crippen molar-refractivity contribution in [2.24, 2.45) is 0 Å². The molecule has 0 unspecified atom stereocenters. The predicted octanol–water partition coefficient (Wildman–Crippen LogP) is -0.547. The van der Waals surface area contributed by atoms with Gasteiger partial charge in [0.25, 0.3) is 0 Å². The maximum atomic E-state index is 4.33. The molecule has 1 N–H and O–H groups in total. The highest BCUT2D eigenvalue weighted by Gasteiger charge is 1.93. The second-order valence-electron chi connectivity index (χ2n) is 0.774. The fourth-order valence-corrected chi connectivity index (χ4v) is 0.208. The van der Waals surface area contributed by atoms with E-state index >= 15 is 0 Å². The van der Waals surface area contributed by atoms with Crippen LogP contribution >= 0.6 is 0 Å². The summed E-state index contributed by atoms with van der Waals surface area (Å²) in [5, 5.41) is 2.78. The number of rotatable bonds is 0. The average molecular weight is 75.1 g/mol. The Hall–Kier alpha value is -0.120. The largest absolute Gasteiger partial charge is 0.267 e. The van der Waals surface area contributed by atoms with Crippen molar-refractivity contribution in [1.82, 2.24) is 5.32 Å². The van der Waals surface area contributed by atoms with Crippen molar-refractivity contribution in [1.29, 1.82) is 0 Å². The molecule has 0 atom stereocenters. The molecule has 0 saturated carbocycles. The van der Waals surface area contributed by atoms with Gasteiger partial charge in [-0.2, -0.15) is 0 Å². The van der Waals surface area contributed by atoms with Gasteiger partial charge < -0.3 is 0 Å². The molecule has 30 valence electrons. The van der Waals surface area contributed by atoms with Gasteiger partial charge in [-0.1, -0.05) is 0 Å². The SMILES string of the molecule is C1NCOO1. The molecule has 1 fully saturated rings.